The van der Waals surface area contributed by atoms with E-state index in [1.54, 1.807) is 13.2 Å². The summed E-state index contributed by atoms with van der Waals surface area (Å²) in [5, 5.41) is 5.29. The number of benzene rings is 1. The Kier molecular flexibility index (Phi) is 5.45. The number of carbonyl (C=O) groups is 1. The largest absolute Gasteiger partial charge is 0.493 e. The SMILES string of the molecule is CCOc1c(Cl)cc(CNC(=O)Cc2cn3ccsc3n2)cc1OC. The molecular weight excluding hydrogens is 362 g/mol. The molecule has 8 heteroatoms. The van der Waals surface area contributed by atoms with E-state index in [1.807, 2.05) is 35.2 Å². The zero-order valence-corrected chi connectivity index (χ0v) is 15.5. The third-order valence-electron chi connectivity index (χ3n) is 3.55. The number of hydrogen-bond donors (Lipinski definition) is 1. The van der Waals surface area contributed by atoms with Crippen LogP contribution in [0.2, 0.25) is 5.02 Å². The first-order valence-electron chi connectivity index (χ1n) is 7.77. The van der Waals surface area contributed by atoms with Crippen LogP contribution in [0.5, 0.6) is 11.5 Å². The van der Waals surface area contributed by atoms with E-state index >= 15 is 0 Å². The van der Waals surface area contributed by atoms with Gasteiger partial charge >= 0.3 is 0 Å². The lowest BCUT2D eigenvalue weighted by Gasteiger charge is -2.13. The van der Waals surface area contributed by atoms with Crippen LogP contribution in [0, 0.1) is 0 Å². The lowest BCUT2D eigenvalue weighted by molar-refractivity contribution is -0.120. The monoisotopic (exact) mass is 379 g/mol. The Labute approximate surface area is 154 Å². The smallest absolute Gasteiger partial charge is 0.226 e. The molecule has 0 aliphatic carbocycles. The van der Waals surface area contributed by atoms with Crippen LogP contribution in [-0.2, 0) is 17.8 Å². The number of nitrogens with zero attached hydrogens (tertiary/aromatic N) is 2. The summed E-state index contributed by atoms with van der Waals surface area (Å²) in [4.78, 5) is 17.4. The molecule has 25 heavy (non-hydrogen) atoms. The van der Waals surface area contributed by atoms with Gasteiger partial charge in [0.25, 0.3) is 0 Å². The molecule has 0 unspecified atom stereocenters. The van der Waals surface area contributed by atoms with Gasteiger partial charge in [0.2, 0.25) is 5.91 Å². The van der Waals surface area contributed by atoms with Crippen molar-refractivity contribution in [3.63, 3.8) is 0 Å². The normalized spacial score (nSPS) is 10.8. The number of imidazole rings is 1. The van der Waals surface area contributed by atoms with Crippen molar-refractivity contribution in [3.05, 3.63) is 46.2 Å². The maximum Gasteiger partial charge on any atom is 0.226 e. The van der Waals surface area contributed by atoms with Crippen molar-refractivity contribution < 1.29 is 14.3 Å². The van der Waals surface area contributed by atoms with Crippen molar-refractivity contribution >= 4 is 33.8 Å². The number of methoxy groups -OCH3 is 1. The molecule has 2 heterocycles. The van der Waals surface area contributed by atoms with Crippen molar-refractivity contribution in [2.45, 2.75) is 19.9 Å². The maximum atomic E-state index is 12.1. The lowest BCUT2D eigenvalue weighted by Crippen LogP contribution is -2.24. The van der Waals surface area contributed by atoms with Gasteiger partial charge in [-0.1, -0.05) is 11.6 Å². The molecule has 0 bridgehead atoms. The molecule has 132 valence electrons. The number of nitrogens with one attached hydrogen (secondary N) is 1. The van der Waals surface area contributed by atoms with Crippen molar-refractivity contribution in [3.8, 4) is 11.5 Å². The van der Waals surface area contributed by atoms with E-state index in [9.17, 15) is 4.79 Å². The molecule has 3 rings (SSSR count). The highest BCUT2D eigenvalue weighted by Gasteiger charge is 2.13. The Morgan fingerprint density at radius 1 is 1.44 bits per heavy atom. The second-order valence-corrected chi connectivity index (χ2v) is 6.60. The Bertz CT molecular complexity index is 862. The molecule has 0 saturated carbocycles. The maximum absolute atomic E-state index is 12.1. The molecule has 3 aromatic rings. The van der Waals surface area contributed by atoms with E-state index in [0.29, 0.717) is 29.7 Å². The van der Waals surface area contributed by atoms with E-state index in [0.717, 1.165) is 16.2 Å². The van der Waals surface area contributed by atoms with Crippen LogP contribution in [0.4, 0.5) is 0 Å². The van der Waals surface area contributed by atoms with Crippen LogP contribution in [0.25, 0.3) is 4.96 Å². The first-order valence-corrected chi connectivity index (χ1v) is 9.03. The molecule has 0 aliphatic rings. The quantitative estimate of drug-likeness (QED) is 0.684. The molecule has 1 amide bonds. The van der Waals surface area contributed by atoms with Gasteiger partial charge < -0.3 is 14.8 Å². The van der Waals surface area contributed by atoms with Gasteiger partial charge in [0, 0.05) is 24.3 Å². The van der Waals surface area contributed by atoms with Crippen molar-refractivity contribution in [1.29, 1.82) is 0 Å². The summed E-state index contributed by atoms with van der Waals surface area (Å²) >= 11 is 7.78. The summed E-state index contributed by atoms with van der Waals surface area (Å²) in [6.45, 7) is 2.72. The predicted molar refractivity (Wildman–Crippen MR) is 97.8 cm³/mol. The van der Waals surface area contributed by atoms with Gasteiger partial charge in [-0.15, -0.1) is 11.3 Å². The van der Waals surface area contributed by atoms with Crippen LogP contribution >= 0.6 is 22.9 Å². The standard InChI is InChI=1S/C17H18ClN3O3S/c1-3-24-16-13(18)6-11(7-14(16)23-2)9-19-15(22)8-12-10-21-4-5-25-17(21)20-12/h4-7,10H,3,8-9H2,1-2H3,(H,19,22). The average molecular weight is 380 g/mol. The van der Waals surface area contributed by atoms with E-state index in [1.165, 1.54) is 11.3 Å². The minimum Gasteiger partial charge on any atom is -0.493 e. The number of thiazole rings is 1. The van der Waals surface area contributed by atoms with E-state index in [4.69, 9.17) is 21.1 Å². The molecule has 0 spiro atoms. The van der Waals surface area contributed by atoms with E-state index < -0.39 is 0 Å². The number of halogens is 1. The fraction of sp³-hybridized carbons (Fsp3) is 0.294. The first kappa shape index (κ1) is 17.6. The van der Waals surface area contributed by atoms with Gasteiger partial charge in [-0.3, -0.25) is 9.20 Å². The van der Waals surface area contributed by atoms with Crippen LogP contribution in [-0.4, -0.2) is 29.0 Å². The summed E-state index contributed by atoms with van der Waals surface area (Å²) in [5.74, 6) is 0.961. The van der Waals surface area contributed by atoms with Crippen LogP contribution in [0.15, 0.2) is 29.9 Å². The lowest BCUT2D eigenvalue weighted by atomic mass is 10.2. The van der Waals surface area contributed by atoms with Crippen LogP contribution in [0.3, 0.4) is 0 Å². The second kappa shape index (κ2) is 7.76. The Hall–Kier alpha value is -2.25. The fourth-order valence-corrected chi connectivity index (χ4v) is 3.46. The average Bonchev–Trinajstić information content (AvgIpc) is 3.16. The molecule has 0 radical (unpaired) electrons. The zero-order valence-electron chi connectivity index (χ0n) is 13.9. The molecule has 6 nitrogen and oxygen atoms in total. The van der Waals surface area contributed by atoms with Gasteiger partial charge in [-0.05, 0) is 24.6 Å². The number of amides is 1. The summed E-state index contributed by atoms with van der Waals surface area (Å²) in [5.41, 5.74) is 1.58. The zero-order chi connectivity index (χ0) is 17.8. The van der Waals surface area contributed by atoms with Crippen molar-refractivity contribution in [2.75, 3.05) is 13.7 Å². The Morgan fingerprint density at radius 2 is 2.28 bits per heavy atom. The van der Waals surface area contributed by atoms with Crippen molar-refractivity contribution in [2.24, 2.45) is 0 Å². The van der Waals surface area contributed by atoms with E-state index in [-0.39, 0.29) is 12.3 Å². The molecule has 1 N–H and O–H groups in total. The summed E-state index contributed by atoms with van der Waals surface area (Å²) in [6.07, 6.45) is 4.01. The number of ether oxygens (including phenoxy) is 2. The Morgan fingerprint density at radius 3 is 3.00 bits per heavy atom. The molecule has 0 fully saturated rings. The van der Waals surface area contributed by atoms with Crippen molar-refractivity contribution in [1.82, 2.24) is 14.7 Å². The van der Waals surface area contributed by atoms with Crippen LogP contribution in [0.1, 0.15) is 18.2 Å². The third-order valence-corrected chi connectivity index (χ3v) is 4.60. The molecule has 1 aromatic carbocycles. The molecule has 0 saturated heterocycles. The first-order chi connectivity index (χ1) is 12.1. The van der Waals surface area contributed by atoms with Gasteiger partial charge in [0.15, 0.2) is 16.5 Å². The number of hydrogen-bond acceptors (Lipinski definition) is 5. The Balaban J connectivity index is 1.63. The minimum atomic E-state index is -0.102. The fourth-order valence-electron chi connectivity index (χ4n) is 2.45. The summed E-state index contributed by atoms with van der Waals surface area (Å²) in [6, 6.07) is 3.58. The van der Waals surface area contributed by atoms with Gasteiger partial charge in [-0.2, -0.15) is 0 Å². The van der Waals surface area contributed by atoms with Gasteiger partial charge in [0.1, 0.15) is 0 Å². The molecule has 0 atom stereocenters. The molecule has 2 aromatic heterocycles. The van der Waals surface area contributed by atoms with Gasteiger partial charge in [-0.25, -0.2) is 4.98 Å². The molecule has 0 aliphatic heterocycles. The second-order valence-electron chi connectivity index (χ2n) is 5.32. The highest BCUT2D eigenvalue weighted by molar-refractivity contribution is 7.15. The number of carbonyl (C=O) groups excluding carboxylic acids is 1. The third kappa shape index (κ3) is 4.05. The minimum absolute atomic E-state index is 0.102. The summed E-state index contributed by atoms with van der Waals surface area (Å²) in [7, 11) is 1.56. The number of fused-ring (bicyclic) bond motifs is 1. The number of rotatable bonds is 7. The number of aromatic nitrogens is 2. The van der Waals surface area contributed by atoms with Crippen LogP contribution < -0.4 is 14.8 Å². The van der Waals surface area contributed by atoms with E-state index in [2.05, 4.69) is 10.3 Å². The predicted octanol–water partition coefficient (Wildman–Crippen LogP) is 3.32. The molecular formula is C17H18ClN3O3S. The highest BCUT2D eigenvalue weighted by atomic mass is 35.5. The highest BCUT2D eigenvalue weighted by Crippen LogP contribution is 2.36. The topological polar surface area (TPSA) is 64.9 Å². The van der Waals surface area contributed by atoms with Gasteiger partial charge in [0.05, 0.1) is 30.9 Å². The summed E-state index contributed by atoms with van der Waals surface area (Å²) < 4.78 is 12.7.